The topological polar surface area (TPSA) is 78.6 Å². The molecule has 1 aromatic carbocycles. The highest BCUT2D eigenvalue weighted by atomic mass is 16.6. The lowest BCUT2D eigenvalue weighted by molar-refractivity contribution is -0.137. The fourth-order valence-corrected chi connectivity index (χ4v) is 2.03. The fourth-order valence-electron chi connectivity index (χ4n) is 2.03. The minimum Gasteiger partial charge on any atom is -0.423 e. The molecule has 0 radical (unpaired) electrons. The summed E-state index contributed by atoms with van der Waals surface area (Å²) in [6.07, 6.45) is 4.75. The van der Waals surface area contributed by atoms with Gasteiger partial charge in [-0.2, -0.15) is 0 Å². The Bertz CT molecular complexity index is 514. The normalized spacial score (nSPS) is 10.4. The smallest absolute Gasteiger partial charge is 0.311 e. The molecule has 0 fully saturated rings. The summed E-state index contributed by atoms with van der Waals surface area (Å²) in [5.41, 5.74) is 6.50. The van der Waals surface area contributed by atoms with Crippen LogP contribution >= 0.6 is 0 Å². The maximum absolute atomic E-state index is 11.9. The molecule has 1 aromatic rings. The summed E-state index contributed by atoms with van der Waals surface area (Å²) >= 11 is 0. The third-order valence-corrected chi connectivity index (χ3v) is 3.36. The lowest BCUT2D eigenvalue weighted by Gasteiger charge is -2.12. The molecule has 0 aliphatic carbocycles. The van der Waals surface area contributed by atoms with E-state index in [2.05, 4.69) is 0 Å². The Balaban J connectivity index is 2.85. The summed E-state index contributed by atoms with van der Waals surface area (Å²) in [6, 6.07) is 5.22. The van der Waals surface area contributed by atoms with E-state index in [1.54, 1.807) is 12.1 Å². The molecular weight excluding hydrogens is 294 g/mol. The molecule has 0 spiro atoms. The van der Waals surface area contributed by atoms with Gasteiger partial charge in [-0.05, 0) is 43.5 Å². The molecular formula is C18H27NO4. The number of benzene rings is 1. The van der Waals surface area contributed by atoms with Gasteiger partial charge in [0.05, 0.1) is 0 Å². The highest BCUT2D eigenvalue weighted by Crippen LogP contribution is 2.29. The van der Waals surface area contributed by atoms with Gasteiger partial charge in [-0.25, -0.2) is 0 Å². The highest BCUT2D eigenvalue weighted by Gasteiger charge is 2.14. The van der Waals surface area contributed by atoms with Crippen LogP contribution in [-0.2, 0) is 16.0 Å². The maximum atomic E-state index is 11.9. The quantitative estimate of drug-likeness (QED) is 0.528. The van der Waals surface area contributed by atoms with Gasteiger partial charge >= 0.3 is 11.9 Å². The van der Waals surface area contributed by atoms with Crippen LogP contribution in [0.5, 0.6) is 11.5 Å². The number of rotatable bonds is 10. The number of hydrogen-bond donors (Lipinski definition) is 1. The zero-order chi connectivity index (χ0) is 17.1. The molecule has 5 nitrogen and oxygen atoms in total. The van der Waals surface area contributed by atoms with Gasteiger partial charge in [0.15, 0.2) is 11.5 Å². The van der Waals surface area contributed by atoms with Gasteiger partial charge in [-0.3, -0.25) is 9.59 Å². The second kappa shape index (κ2) is 10.8. The van der Waals surface area contributed by atoms with Crippen LogP contribution < -0.4 is 15.2 Å². The van der Waals surface area contributed by atoms with Crippen LogP contribution in [0, 0.1) is 0 Å². The maximum Gasteiger partial charge on any atom is 0.311 e. The molecule has 1 rings (SSSR count). The number of carbonyl (C=O) groups is 2. The lowest BCUT2D eigenvalue weighted by Crippen LogP contribution is -2.12. The van der Waals surface area contributed by atoms with Gasteiger partial charge in [0.25, 0.3) is 0 Å². The molecule has 0 atom stereocenters. The summed E-state index contributed by atoms with van der Waals surface area (Å²) in [5.74, 6) is -0.0505. The number of carbonyl (C=O) groups excluding carboxylic acids is 2. The van der Waals surface area contributed by atoms with Crippen molar-refractivity contribution in [3.63, 3.8) is 0 Å². The van der Waals surface area contributed by atoms with Crippen molar-refractivity contribution in [1.82, 2.24) is 0 Å². The monoisotopic (exact) mass is 321 g/mol. The van der Waals surface area contributed by atoms with Crippen molar-refractivity contribution in [3.8, 4) is 11.5 Å². The SMILES string of the molecule is CCCCC(=O)Oc1ccc(CCN)cc1OC(=O)CCCC. The van der Waals surface area contributed by atoms with Crippen molar-refractivity contribution in [2.75, 3.05) is 6.54 Å². The van der Waals surface area contributed by atoms with Crippen LogP contribution in [0.15, 0.2) is 18.2 Å². The summed E-state index contributed by atoms with van der Waals surface area (Å²) in [4.78, 5) is 23.7. The average Bonchev–Trinajstić information content (AvgIpc) is 2.53. The third-order valence-electron chi connectivity index (χ3n) is 3.36. The van der Waals surface area contributed by atoms with Crippen LogP contribution in [0.2, 0.25) is 0 Å². The molecule has 5 heteroatoms. The van der Waals surface area contributed by atoms with E-state index in [4.69, 9.17) is 15.2 Å². The summed E-state index contributed by atoms with van der Waals surface area (Å²) in [6.45, 7) is 4.52. The molecule has 0 amide bonds. The molecule has 2 N–H and O–H groups in total. The summed E-state index contributed by atoms with van der Waals surface area (Å²) in [5, 5.41) is 0. The second-order valence-electron chi connectivity index (χ2n) is 5.48. The van der Waals surface area contributed by atoms with Crippen molar-refractivity contribution >= 4 is 11.9 Å². The van der Waals surface area contributed by atoms with E-state index in [1.807, 2.05) is 19.9 Å². The van der Waals surface area contributed by atoms with Crippen molar-refractivity contribution in [2.45, 2.75) is 58.8 Å². The van der Waals surface area contributed by atoms with Crippen molar-refractivity contribution in [3.05, 3.63) is 23.8 Å². The van der Waals surface area contributed by atoms with Gasteiger partial charge in [0, 0.05) is 12.8 Å². The Labute approximate surface area is 138 Å². The first-order chi connectivity index (χ1) is 11.1. The van der Waals surface area contributed by atoms with E-state index in [9.17, 15) is 9.59 Å². The van der Waals surface area contributed by atoms with Crippen LogP contribution in [-0.4, -0.2) is 18.5 Å². The Kier molecular flexibility index (Phi) is 8.98. The minimum absolute atomic E-state index is 0.289. The Hall–Kier alpha value is -1.88. The van der Waals surface area contributed by atoms with Gasteiger partial charge < -0.3 is 15.2 Å². The molecule has 0 unspecified atom stereocenters. The van der Waals surface area contributed by atoms with Gasteiger partial charge in [-0.15, -0.1) is 0 Å². The number of unbranched alkanes of at least 4 members (excludes halogenated alkanes) is 2. The van der Waals surface area contributed by atoms with E-state index < -0.39 is 0 Å². The molecule has 23 heavy (non-hydrogen) atoms. The molecule has 0 aliphatic heterocycles. The number of esters is 2. The van der Waals surface area contributed by atoms with E-state index >= 15 is 0 Å². The average molecular weight is 321 g/mol. The third kappa shape index (κ3) is 7.28. The zero-order valence-corrected chi connectivity index (χ0v) is 14.1. The van der Waals surface area contributed by atoms with Crippen molar-refractivity contribution < 1.29 is 19.1 Å². The van der Waals surface area contributed by atoms with E-state index in [0.29, 0.717) is 31.6 Å². The lowest BCUT2D eigenvalue weighted by atomic mass is 10.1. The van der Waals surface area contributed by atoms with E-state index in [0.717, 1.165) is 31.2 Å². The fraction of sp³-hybridized carbons (Fsp3) is 0.556. The first-order valence-electron chi connectivity index (χ1n) is 8.35. The molecule has 128 valence electrons. The van der Waals surface area contributed by atoms with Gasteiger partial charge in [0.2, 0.25) is 0 Å². The molecule has 0 bridgehead atoms. The molecule has 0 aliphatic rings. The van der Waals surface area contributed by atoms with Crippen molar-refractivity contribution in [2.24, 2.45) is 5.73 Å². The predicted molar refractivity (Wildman–Crippen MR) is 89.5 cm³/mol. The number of hydrogen-bond acceptors (Lipinski definition) is 5. The highest BCUT2D eigenvalue weighted by molar-refractivity contribution is 5.76. The van der Waals surface area contributed by atoms with Gasteiger partial charge in [-0.1, -0.05) is 32.8 Å². The largest absolute Gasteiger partial charge is 0.423 e. The Morgan fingerprint density at radius 2 is 1.52 bits per heavy atom. The van der Waals surface area contributed by atoms with Crippen molar-refractivity contribution in [1.29, 1.82) is 0 Å². The molecule has 0 saturated heterocycles. The number of nitrogens with two attached hydrogens (primary N) is 1. The zero-order valence-electron chi connectivity index (χ0n) is 14.1. The van der Waals surface area contributed by atoms with Crippen LogP contribution in [0.1, 0.15) is 57.9 Å². The minimum atomic E-state index is -0.317. The van der Waals surface area contributed by atoms with Crippen LogP contribution in [0.4, 0.5) is 0 Å². The Morgan fingerprint density at radius 3 is 2.04 bits per heavy atom. The molecule has 0 heterocycles. The first-order valence-corrected chi connectivity index (χ1v) is 8.35. The van der Waals surface area contributed by atoms with E-state index in [-0.39, 0.29) is 17.7 Å². The van der Waals surface area contributed by atoms with Crippen LogP contribution in [0.3, 0.4) is 0 Å². The van der Waals surface area contributed by atoms with E-state index in [1.165, 1.54) is 0 Å². The second-order valence-corrected chi connectivity index (χ2v) is 5.48. The summed E-state index contributed by atoms with van der Waals surface area (Å²) < 4.78 is 10.7. The standard InChI is InChI=1S/C18H27NO4/c1-3-5-7-17(20)22-15-10-9-14(11-12-19)13-16(15)23-18(21)8-6-4-2/h9-10,13H,3-8,11-12,19H2,1-2H3. The van der Waals surface area contributed by atoms with Crippen LogP contribution in [0.25, 0.3) is 0 Å². The summed E-state index contributed by atoms with van der Waals surface area (Å²) in [7, 11) is 0. The molecule has 0 saturated carbocycles. The Morgan fingerprint density at radius 1 is 0.957 bits per heavy atom. The molecule has 0 aromatic heterocycles. The first kappa shape index (κ1) is 19.2. The van der Waals surface area contributed by atoms with Gasteiger partial charge in [0.1, 0.15) is 0 Å². The predicted octanol–water partition coefficient (Wildman–Crippen LogP) is 3.38. The number of ether oxygens (including phenoxy) is 2.